The van der Waals surface area contributed by atoms with E-state index in [1.54, 1.807) is 7.11 Å². The summed E-state index contributed by atoms with van der Waals surface area (Å²) >= 11 is 0. The zero-order chi connectivity index (χ0) is 11.7. The van der Waals surface area contributed by atoms with Crippen LogP contribution in [0.3, 0.4) is 0 Å². The van der Waals surface area contributed by atoms with Gasteiger partial charge in [0.05, 0.1) is 7.11 Å². The topological polar surface area (TPSA) is 9.23 Å². The number of benzene rings is 2. The van der Waals surface area contributed by atoms with Crippen molar-refractivity contribution in [3.8, 4) is 5.75 Å². The van der Waals surface area contributed by atoms with Crippen LogP contribution in [0.15, 0.2) is 48.5 Å². The summed E-state index contributed by atoms with van der Waals surface area (Å²) in [6.45, 7) is 0. The molecule has 2 aromatic carbocycles. The smallest absolute Gasteiger partial charge is 0.118 e. The molecule has 0 N–H and O–H groups in total. The number of aryl methyl sites for hydroxylation is 1. The Labute approximate surface area is 102 Å². The van der Waals surface area contributed by atoms with Gasteiger partial charge in [-0.05, 0) is 41.7 Å². The molecule has 0 bridgehead atoms. The summed E-state index contributed by atoms with van der Waals surface area (Å²) < 4.78 is 5.20. The molecule has 0 heterocycles. The first-order valence-electron chi connectivity index (χ1n) is 6.10. The number of rotatable bonds is 2. The van der Waals surface area contributed by atoms with E-state index in [1.165, 1.54) is 29.5 Å². The predicted octanol–water partition coefficient (Wildman–Crippen LogP) is 3.77. The zero-order valence-electron chi connectivity index (χ0n) is 10.0. The standard InChI is InChI=1S/C16H16O/c1-17-14-9-6-13(7-10-14)16-11-8-12-4-2-3-5-15(12)16/h2-7,9-10,16H,8,11H2,1H3/t16-/m1/s1. The van der Waals surface area contributed by atoms with Gasteiger partial charge in [0.2, 0.25) is 0 Å². The van der Waals surface area contributed by atoms with E-state index in [-0.39, 0.29) is 0 Å². The fourth-order valence-corrected chi connectivity index (χ4v) is 2.74. The summed E-state index contributed by atoms with van der Waals surface area (Å²) in [7, 11) is 1.71. The van der Waals surface area contributed by atoms with Crippen molar-refractivity contribution in [1.29, 1.82) is 0 Å². The van der Waals surface area contributed by atoms with Crippen LogP contribution in [-0.2, 0) is 6.42 Å². The average Bonchev–Trinajstić information content (AvgIpc) is 2.83. The minimum Gasteiger partial charge on any atom is -0.497 e. The Morgan fingerprint density at radius 1 is 1.00 bits per heavy atom. The van der Waals surface area contributed by atoms with E-state index in [4.69, 9.17) is 4.74 Å². The Bertz CT molecular complexity index is 513. The van der Waals surface area contributed by atoms with Crippen molar-refractivity contribution in [2.24, 2.45) is 0 Å². The summed E-state index contributed by atoms with van der Waals surface area (Å²) in [5.41, 5.74) is 4.40. The molecule has 0 aromatic heterocycles. The second-order valence-corrected chi connectivity index (χ2v) is 4.56. The monoisotopic (exact) mass is 224 g/mol. The molecule has 0 saturated heterocycles. The second kappa shape index (κ2) is 4.25. The molecule has 1 aliphatic rings. The molecule has 0 aliphatic heterocycles. The zero-order valence-corrected chi connectivity index (χ0v) is 10.0. The van der Waals surface area contributed by atoms with Crippen LogP contribution in [0.25, 0.3) is 0 Å². The molecule has 0 unspecified atom stereocenters. The molecule has 1 nitrogen and oxygen atoms in total. The Morgan fingerprint density at radius 2 is 1.76 bits per heavy atom. The van der Waals surface area contributed by atoms with Crippen molar-refractivity contribution in [3.63, 3.8) is 0 Å². The van der Waals surface area contributed by atoms with Crippen molar-refractivity contribution in [3.05, 3.63) is 65.2 Å². The van der Waals surface area contributed by atoms with Crippen LogP contribution in [0.1, 0.15) is 29.0 Å². The number of hydrogen-bond acceptors (Lipinski definition) is 1. The Morgan fingerprint density at radius 3 is 2.53 bits per heavy atom. The van der Waals surface area contributed by atoms with Gasteiger partial charge < -0.3 is 4.74 Å². The second-order valence-electron chi connectivity index (χ2n) is 4.56. The van der Waals surface area contributed by atoms with E-state index >= 15 is 0 Å². The highest BCUT2D eigenvalue weighted by atomic mass is 16.5. The molecule has 0 fully saturated rings. The average molecular weight is 224 g/mol. The first kappa shape index (κ1) is 10.4. The van der Waals surface area contributed by atoms with Crippen LogP contribution in [0.5, 0.6) is 5.75 Å². The molecule has 0 radical (unpaired) electrons. The van der Waals surface area contributed by atoms with Crippen molar-refractivity contribution in [2.45, 2.75) is 18.8 Å². The van der Waals surface area contributed by atoms with Gasteiger partial charge in [-0.15, -0.1) is 0 Å². The third-order valence-corrected chi connectivity index (χ3v) is 3.65. The molecule has 0 spiro atoms. The third-order valence-electron chi connectivity index (χ3n) is 3.65. The SMILES string of the molecule is COc1ccc([C@H]2CCc3ccccc32)cc1. The minimum absolute atomic E-state index is 0.567. The number of ether oxygens (including phenoxy) is 1. The molecule has 1 heteroatoms. The number of methoxy groups -OCH3 is 1. The van der Waals surface area contributed by atoms with E-state index in [9.17, 15) is 0 Å². The highest BCUT2D eigenvalue weighted by Gasteiger charge is 2.23. The van der Waals surface area contributed by atoms with Crippen molar-refractivity contribution in [2.75, 3.05) is 7.11 Å². The molecule has 0 saturated carbocycles. The maximum atomic E-state index is 5.20. The van der Waals surface area contributed by atoms with Gasteiger partial charge in [0.25, 0.3) is 0 Å². The van der Waals surface area contributed by atoms with Crippen LogP contribution < -0.4 is 4.74 Å². The Kier molecular flexibility index (Phi) is 2.60. The van der Waals surface area contributed by atoms with Crippen molar-refractivity contribution in [1.82, 2.24) is 0 Å². The van der Waals surface area contributed by atoms with Gasteiger partial charge >= 0.3 is 0 Å². The summed E-state index contributed by atoms with van der Waals surface area (Å²) in [6.07, 6.45) is 2.43. The van der Waals surface area contributed by atoms with Crippen molar-refractivity contribution >= 4 is 0 Å². The van der Waals surface area contributed by atoms with E-state index < -0.39 is 0 Å². The highest BCUT2D eigenvalue weighted by Crippen LogP contribution is 2.38. The van der Waals surface area contributed by atoms with Crippen molar-refractivity contribution < 1.29 is 4.74 Å². The lowest BCUT2D eigenvalue weighted by atomic mass is 9.93. The van der Waals surface area contributed by atoms with Crippen LogP contribution >= 0.6 is 0 Å². The molecular weight excluding hydrogens is 208 g/mol. The highest BCUT2D eigenvalue weighted by molar-refractivity contribution is 5.43. The van der Waals surface area contributed by atoms with Gasteiger partial charge in [0, 0.05) is 5.92 Å². The van der Waals surface area contributed by atoms with E-state index in [0.29, 0.717) is 5.92 Å². The van der Waals surface area contributed by atoms with E-state index in [0.717, 1.165) is 5.75 Å². The summed E-state index contributed by atoms with van der Waals surface area (Å²) in [6, 6.07) is 17.3. The first-order chi connectivity index (χ1) is 8.38. The lowest BCUT2D eigenvalue weighted by molar-refractivity contribution is 0.414. The molecular formula is C16H16O. The number of hydrogen-bond donors (Lipinski definition) is 0. The van der Waals surface area contributed by atoms with Crippen LogP contribution in [-0.4, -0.2) is 7.11 Å². The van der Waals surface area contributed by atoms with E-state index in [2.05, 4.69) is 48.5 Å². The molecule has 17 heavy (non-hydrogen) atoms. The summed E-state index contributed by atoms with van der Waals surface area (Å²) in [4.78, 5) is 0. The molecule has 3 rings (SSSR count). The summed E-state index contributed by atoms with van der Waals surface area (Å²) in [5.74, 6) is 1.50. The maximum absolute atomic E-state index is 5.20. The largest absolute Gasteiger partial charge is 0.497 e. The van der Waals surface area contributed by atoms with Crippen LogP contribution in [0.4, 0.5) is 0 Å². The Balaban J connectivity index is 1.95. The third kappa shape index (κ3) is 1.82. The predicted molar refractivity (Wildman–Crippen MR) is 69.6 cm³/mol. The van der Waals surface area contributed by atoms with Gasteiger partial charge in [-0.1, -0.05) is 36.4 Å². The van der Waals surface area contributed by atoms with Gasteiger partial charge in [0.15, 0.2) is 0 Å². The van der Waals surface area contributed by atoms with Gasteiger partial charge in [0.1, 0.15) is 5.75 Å². The van der Waals surface area contributed by atoms with Gasteiger partial charge in [-0.3, -0.25) is 0 Å². The molecule has 86 valence electrons. The first-order valence-corrected chi connectivity index (χ1v) is 6.10. The number of fused-ring (bicyclic) bond motifs is 1. The quantitative estimate of drug-likeness (QED) is 0.754. The normalized spacial score (nSPS) is 17.8. The Hall–Kier alpha value is -1.76. The van der Waals surface area contributed by atoms with E-state index in [1.807, 2.05) is 0 Å². The molecule has 1 atom stereocenters. The van der Waals surface area contributed by atoms with Crippen LogP contribution in [0, 0.1) is 0 Å². The van der Waals surface area contributed by atoms with Crippen LogP contribution in [0.2, 0.25) is 0 Å². The summed E-state index contributed by atoms with van der Waals surface area (Å²) in [5, 5.41) is 0. The molecule has 0 amide bonds. The molecule has 2 aromatic rings. The molecule has 1 aliphatic carbocycles. The fourth-order valence-electron chi connectivity index (χ4n) is 2.74. The minimum atomic E-state index is 0.567. The lowest BCUT2D eigenvalue weighted by Crippen LogP contribution is -1.95. The fraction of sp³-hybridized carbons (Fsp3) is 0.250. The maximum Gasteiger partial charge on any atom is 0.118 e. The van der Waals surface area contributed by atoms with Gasteiger partial charge in [-0.2, -0.15) is 0 Å². The van der Waals surface area contributed by atoms with Gasteiger partial charge in [-0.25, -0.2) is 0 Å². The lowest BCUT2D eigenvalue weighted by Gasteiger charge is -2.12.